The summed E-state index contributed by atoms with van der Waals surface area (Å²) in [6.07, 6.45) is 3.19. The van der Waals surface area contributed by atoms with E-state index in [9.17, 15) is 4.79 Å². The Hall–Kier alpha value is -0.650. The molecule has 0 aromatic heterocycles. The average molecular weight is 258 g/mol. The number of likely N-dealkylation sites (N-methyl/N-ethyl adjacent to an activating group) is 1. The van der Waals surface area contributed by atoms with Crippen molar-refractivity contribution >= 4 is 5.91 Å². The number of carbonyl (C=O) groups excluding carboxylic acids is 1. The highest BCUT2D eigenvalue weighted by molar-refractivity contribution is 5.82. The average Bonchev–Trinajstić information content (AvgIpc) is 2.38. The maximum absolute atomic E-state index is 12.3. The van der Waals surface area contributed by atoms with E-state index in [0.717, 1.165) is 19.3 Å². The van der Waals surface area contributed by atoms with Crippen molar-refractivity contribution in [2.45, 2.75) is 45.2 Å². The highest BCUT2D eigenvalue weighted by Crippen LogP contribution is 2.14. The molecule has 1 rings (SSSR count). The molecule has 0 aromatic rings. The second-order valence-corrected chi connectivity index (χ2v) is 4.81. The summed E-state index contributed by atoms with van der Waals surface area (Å²) in [6.45, 7) is 6.26. The topological polar surface area (TPSA) is 61.8 Å². The number of ether oxygens (including phenoxy) is 1. The number of amides is 1. The quantitative estimate of drug-likeness (QED) is 0.648. The first-order valence-electron chi connectivity index (χ1n) is 6.92. The molecule has 0 bridgehead atoms. The molecule has 1 amide bonds. The predicted octanol–water partition coefficient (Wildman–Crippen LogP) is 0.374. The minimum atomic E-state index is -0.0356. The maximum atomic E-state index is 12.3. The first-order valence-corrected chi connectivity index (χ1v) is 6.92. The lowest BCUT2D eigenvalue weighted by molar-refractivity contribution is -0.135. The molecule has 0 aliphatic carbocycles. The number of nitrogens with one attached hydrogen (secondary N) is 1. The molecule has 2 atom stereocenters. The summed E-state index contributed by atoms with van der Waals surface area (Å²) in [5, 5.41) is 12.0. The van der Waals surface area contributed by atoms with E-state index in [2.05, 4.69) is 12.2 Å². The van der Waals surface area contributed by atoms with Gasteiger partial charge >= 0.3 is 0 Å². The van der Waals surface area contributed by atoms with Crippen LogP contribution in [0.2, 0.25) is 0 Å². The van der Waals surface area contributed by atoms with Gasteiger partial charge in [-0.05, 0) is 33.1 Å². The van der Waals surface area contributed by atoms with Crippen molar-refractivity contribution in [3.63, 3.8) is 0 Å². The van der Waals surface area contributed by atoms with Gasteiger partial charge in [0, 0.05) is 19.1 Å². The number of hydrogen-bond acceptors (Lipinski definition) is 4. The van der Waals surface area contributed by atoms with Gasteiger partial charge in [-0.2, -0.15) is 0 Å². The van der Waals surface area contributed by atoms with Crippen LogP contribution in [0.3, 0.4) is 0 Å². The Kier molecular flexibility index (Phi) is 7.23. The maximum Gasteiger partial charge on any atom is 0.239 e. The second kappa shape index (κ2) is 8.45. The zero-order chi connectivity index (χ0) is 13.4. The van der Waals surface area contributed by atoms with Crippen LogP contribution in [-0.4, -0.2) is 60.9 Å². The van der Waals surface area contributed by atoms with Crippen molar-refractivity contribution in [2.75, 3.05) is 32.9 Å². The van der Waals surface area contributed by atoms with Gasteiger partial charge < -0.3 is 20.1 Å². The summed E-state index contributed by atoms with van der Waals surface area (Å²) >= 11 is 0. The SMILES string of the molecule is CCN(CCOCCO)C(=O)C1CCCC(C)N1. The van der Waals surface area contributed by atoms with Gasteiger partial charge in [-0.25, -0.2) is 0 Å². The fourth-order valence-electron chi connectivity index (χ4n) is 2.32. The largest absolute Gasteiger partial charge is 0.394 e. The predicted molar refractivity (Wildman–Crippen MR) is 70.4 cm³/mol. The molecule has 18 heavy (non-hydrogen) atoms. The Bertz CT molecular complexity index is 248. The second-order valence-electron chi connectivity index (χ2n) is 4.81. The van der Waals surface area contributed by atoms with E-state index < -0.39 is 0 Å². The van der Waals surface area contributed by atoms with Crippen molar-refractivity contribution in [1.82, 2.24) is 10.2 Å². The monoisotopic (exact) mass is 258 g/mol. The van der Waals surface area contributed by atoms with Gasteiger partial charge in [0.05, 0.1) is 25.9 Å². The minimum Gasteiger partial charge on any atom is -0.394 e. The van der Waals surface area contributed by atoms with E-state index in [0.29, 0.717) is 32.3 Å². The Morgan fingerprint density at radius 2 is 2.22 bits per heavy atom. The van der Waals surface area contributed by atoms with Crippen LogP contribution in [0.5, 0.6) is 0 Å². The van der Waals surface area contributed by atoms with Crippen LogP contribution in [0.25, 0.3) is 0 Å². The lowest BCUT2D eigenvalue weighted by Crippen LogP contribution is -2.52. The number of nitrogens with zero attached hydrogens (tertiary/aromatic N) is 1. The van der Waals surface area contributed by atoms with Crippen molar-refractivity contribution in [2.24, 2.45) is 0 Å². The smallest absolute Gasteiger partial charge is 0.239 e. The first kappa shape index (κ1) is 15.4. The van der Waals surface area contributed by atoms with E-state index in [1.807, 2.05) is 11.8 Å². The Balaban J connectivity index is 2.35. The van der Waals surface area contributed by atoms with Crippen molar-refractivity contribution in [3.05, 3.63) is 0 Å². The number of carbonyl (C=O) groups is 1. The standard InChI is InChI=1S/C13H26N2O3/c1-3-15(7-9-18-10-8-16)13(17)12-6-4-5-11(2)14-12/h11-12,14,16H,3-10H2,1-2H3. The van der Waals surface area contributed by atoms with Gasteiger partial charge in [0.25, 0.3) is 0 Å². The third kappa shape index (κ3) is 4.92. The van der Waals surface area contributed by atoms with Gasteiger partial charge in [0.1, 0.15) is 0 Å². The lowest BCUT2D eigenvalue weighted by atomic mass is 9.98. The summed E-state index contributed by atoms with van der Waals surface area (Å²) in [4.78, 5) is 14.1. The van der Waals surface area contributed by atoms with Gasteiger partial charge in [-0.3, -0.25) is 4.79 Å². The third-order valence-electron chi connectivity index (χ3n) is 3.35. The summed E-state index contributed by atoms with van der Waals surface area (Å²) < 4.78 is 5.21. The molecule has 0 radical (unpaired) electrons. The van der Waals surface area contributed by atoms with Gasteiger partial charge in [0.2, 0.25) is 5.91 Å². The van der Waals surface area contributed by atoms with Crippen molar-refractivity contribution in [3.8, 4) is 0 Å². The van der Waals surface area contributed by atoms with Crippen LogP contribution in [-0.2, 0) is 9.53 Å². The molecule has 1 aliphatic rings. The molecule has 5 nitrogen and oxygen atoms in total. The van der Waals surface area contributed by atoms with Crippen LogP contribution in [0.15, 0.2) is 0 Å². The molecule has 1 heterocycles. The summed E-state index contributed by atoms with van der Waals surface area (Å²) in [6, 6.07) is 0.392. The number of aliphatic hydroxyl groups excluding tert-OH is 1. The van der Waals surface area contributed by atoms with Crippen molar-refractivity contribution in [1.29, 1.82) is 0 Å². The number of aliphatic hydroxyl groups is 1. The Morgan fingerprint density at radius 3 is 2.83 bits per heavy atom. The fraction of sp³-hybridized carbons (Fsp3) is 0.923. The summed E-state index contributed by atoms with van der Waals surface area (Å²) in [7, 11) is 0. The molecule has 2 unspecified atom stereocenters. The van der Waals surface area contributed by atoms with Crippen LogP contribution in [0, 0.1) is 0 Å². The molecule has 0 spiro atoms. The van der Waals surface area contributed by atoms with Crippen LogP contribution in [0.4, 0.5) is 0 Å². The van der Waals surface area contributed by atoms with E-state index in [4.69, 9.17) is 9.84 Å². The van der Waals surface area contributed by atoms with E-state index in [-0.39, 0.29) is 18.6 Å². The number of rotatable bonds is 7. The Labute approximate surface area is 109 Å². The van der Waals surface area contributed by atoms with Crippen LogP contribution in [0.1, 0.15) is 33.1 Å². The van der Waals surface area contributed by atoms with Crippen molar-refractivity contribution < 1.29 is 14.6 Å². The van der Waals surface area contributed by atoms with E-state index in [1.54, 1.807) is 0 Å². The van der Waals surface area contributed by atoms with E-state index in [1.165, 1.54) is 0 Å². The molecule has 1 saturated heterocycles. The van der Waals surface area contributed by atoms with Crippen LogP contribution >= 0.6 is 0 Å². The van der Waals surface area contributed by atoms with Gasteiger partial charge in [0.15, 0.2) is 0 Å². The van der Waals surface area contributed by atoms with Crippen LogP contribution < -0.4 is 5.32 Å². The summed E-state index contributed by atoms with van der Waals surface area (Å²) in [5.41, 5.74) is 0. The molecule has 0 saturated carbocycles. The lowest BCUT2D eigenvalue weighted by Gasteiger charge is -2.32. The number of hydrogen-bond donors (Lipinski definition) is 2. The third-order valence-corrected chi connectivity index (χ3v) is 3.35. The van der Waals surface area contributed by atoms with E-state index >= 15 is 0 Å². The minimum absolute atomic E-state index is 0.0295. The van der Waals surface area contributed by atoms with Gasteiger partial charge in [-0.15, -0.1) is 0 Å². The molecular weight excluding hydrogens is 232 g/mol. The van der Waals surface area contributed by atoms with Gasteiger partial charge in [-0.1, -0.05) is 0 Å². The molecule has 2 N–H and O–H groups in total. The normalized spacial score (nSPS) is 23.9. The summed E-state index contributed by atoms with van der Waals surface area (Å²) in [5.74, 6) is 0.177. The fourth-order valence-corrected chi connectivity index (χ4v) is 2.32. The zero-order valence-electron chi connectivity index (χ0n) is 11.5. The Morgan fingerprint density at radius 1 is 1.44 bits per heavy atom. The molecule has 1 fully saturated rings. The molecule has 106 valence electrons. The highest BCUT2D eigenvalue weighted by Gasteiger charge is 2.27. The molecular formula is C13H26N2O3. The molecule has 1 aliphatic heterocycles. The first-order chi connectivity index (χ1) is 8.69. The molecule has 0 aromatic carbocycles. The highest BCUT2D eigenvalue weighted by atomic mass is 16.5. The zero-order valence-corrected chi connectivity index (χ0v) is 11.5. The molecule has 5 heteroatoms. The number of piperidine rings is 1.